The molecule has 138 valence electrons. The van der Waals surface area contributed by atoms with E-state index in [-0.39, 0.29) is 12.0 Å². The molecule has 0 N–H and O–H groups in total. The van der Waals surface area contributed by atoms with Gasteiger partial charge in [-0.05, 0) is 25.1 Å². The summed E-state index contributed by atoms with van der Waals surface area (Å²) in [5.74, 6) is 1.41. The SMILES string of the molecule is C[C@@H]1CN(C(=O)c2cn(C)nc2-c2ccc3c(c2)OCCCO3)CCO1. The van der Waals surface area contributed by atoms with E-state index in [0.29, 0.717) is 49.9 Å². The van der Waals surface area contributed by atoms with Crippen LogP contribution in [0.3, 0.4) is 0 Å². The molecule has 1 fully saturated rings. The second kappa shape index (κ2) is 6.99. The van der Waals surface area contributed by atoms with Crippen molar-refractivity contribution < 1.29 is 19.0 Å². The summed E-state index contributed by atoms with van der Waals surface area (Å²) in [7, 11) is 1.82. The summed E-state index contributed by atoms with van der Waals surface area (Å²) in [4.78, 5) is 14.9. The summed E-state index contributed by atoms with van der Waals surface area (Å²) < 4.78 is 18.7. The van der Waals surface area contributed by atoms with Gasteiger partial charge in [-0.15, -0.1) is 0 Å². The van der Waals surface area contributed by atoms with Crippen molar-refractivity contribution in [2.45, 2.75) is 19.4 Å². The summed E-state index contributed by atoms with van der Waals surface area (Å²) in [5.41, 5.74) is 2.10. The largest absolute Gasteiger partial charge is 0.490 e. The molecule has 1 aromatic carbocycles. The van der Waals surface area contributed by atoms with Crippen LogP contribution in [0.2, 0.25) is 0 Å². The van der Waals surface area contributed by atoms with Crippen molar-refractivity contribution in [3.05, 3.63) is 30.0 Å². The summed E-state index contributed by atoms with van der Waals surface area (Å²) >= 11 is 0. The van der Waals surface area contributed by atoms with Gasteiger partial charge in [-0.3, -0.25) is 9.48 Å². The van der Waals surface area contributed by atoms with Crippen molar-refractivity contribution in [3.8, 4) is 22.8 Å². The Morgan fingerprint density at radius 1 is 1.19 bits per heavy atom. The number of rotatable bonds is 2. The van der Waals surface area contributed by atoms with Gasteiger partial charge in [0, 0.05) is 38.3 Å². The van der Waals surface area contributed by atoms with Crippen molar-refractivity contribution in [3.63, 3.8) is 0 Å². The third-order valence-corrected chi connectivity index (χ3v) is 4.61. The number of ether oxygens (including phenoxy) is 3. The van der Waals surface area contributed by atoms with Crippen LogP contribution in [0.25, 0.3) is 11.3 Å². The molecule has 7 heteroatoms. The molecule has 4 rings (SSSR count). The number of aryl methyl sites for hydroxylation is 1. The second-order valence-electron chi connectivity index (χ2n) is 6.71. The first-order valence-corrected chi connectivity index (χ1v) is 8.96. The topological polar surface area (TPSA) is 65.8 Å². The standard InChI is InChI=1S/C19H23N3O4/c1-13-11-22(6-9-24-13)19(23)15-12-21(2)20-18(15)14-4-5-16-17(10-14)26-8-3-7-25-16/h4-5,10,12-13H,3,6-9,11H2,1-2H3/t13-/m1/s1. The monoisotopic (exact) mass is 357 g/mol. The van der Waals surface area contributed by atoms with Gasteiger partial charge in [-0.2, -0.15) is 5.10 Å². The zero-order chi connectivity index (χ0) is 18.1. The molecule has 1 amide bonds. The molecule has 0 radical (unpaired) electrons. The molecule has 0 spiro atoms. The van der Waals surface area contributed by atoms with Gasteiger partial charge in [0.15, 0.2) is 11.5 Å². The first-order valence-electron chi connectivity index (χ1n) is 8.96. The van der Waals surface area contributed by atoms with Crippen molar-refractivity contribution in [2.75, 3.05) is 32.9 Å². The molecule has 0 aliphatic carbocycles. The maximum Gasteiger partial charge on any atom is 0.257 e. The summed E-state index contributed by atoms with van der Waals surface area (Å²) in [6.07, 6.45) is 2.68. The third-order valence-electron chi connectivity index (χ3n) is 4.61. The van der Waals surface area contributed by atoms with Crippen LogP contribution < -0.4 is 9.47 Å². The van der Waals surface area contributed by atoms with Gasteiger partial charge in [0.05, 0.1) is 31.5 Å². The second-order valence-corrected chi connectivity index (χ2v) is 6.71. The van der Waals surface area contributed by atoms with E-state index in [0.717, 1.165) is 17.7 Å². The van der Waals surface area contributed by atoms with Crippen molar-refractivity contribution in [1.29, 1.82) is 0 Å². The van der Waals surface area contributed by atoms with E-state index in [1.54, 1.807) is 10.9 Å². The van der Waals surface area contributed by atoms with E-state index in [2.05, 4.69) is 5.10 Å². The number of benzene rings is 1. The Kier molecular flexibility index (Phi) is 4.55. The van der Waals surface area contributed by atoms with Gasteiger partial charge in [0.25, 0.3) is 5.91 Å². The van der Waals surface area contributed by atoms with E-state index >= 15 is 0 Å². The molecule has 1 atom stereocenters. The number of morpholine rings is 1. The molecule has 2 aliphatic heterocycles. The van der Waals surface area contributed by atoms with Crippen LogP contribution in [0.1, 0.15) is 23.7 Å². The number of hydrogen-bond donors (Lipinski definition) is 0. The maximum atomic E-state index is 13.1. The highest BCUT2D eigenvalue weighted by molar-refractivity contribution is 6.00. The molecule has 7 nitrogen and oxygen atoms in total. The van der Waals surface area contributed by atoms with E-state index in [1.165, 1.54) is 0 Å². The molecular formula is C19H23N3O4. The molecule has 0 unspecified atom stereocenters. The lowest BCUT2D eigenvalue weighted by Crippen LogP contribution is -2.44. The highest BCUT2D eigenvalue weighted by Gasteiger charge is 2.27. The van der Waals surface area contributed by atoms with E-state index in [9.17, 15) is 4.79 Å². The molecule has 1 saturated heterocycles. The third kappa shape index (κ3) is 3.26. The van der Waals surface area contributed by atoms with E-state index in [1.807, 2.05) is 37.1 Å². The van der Waals surface area contributed by atoms with Gasteiger partial charge in [0.2, 0.25) is 0 Å². The molecule has 0 bridgehead atoms. The number of carbonyl (C=O) groups excluding carboxylic acids is 1. The van der Waals surface area contributed by atoms with Gasteiger partial charge in [0.1, 0.15) is 5.69 Å². The Bertz CT molecular complexity index is 817. The Labute approximate surface area is 152 Å². The van der Waals surface area contributed by atoms with Crippen LogP contribution in [0.15, 0.2) is 24.4 Å². The highest BCUT2D eigenvalue weighted by Crippen LogP contribution is 2.35. The molecule has 26 heavy (non-hydrogen) atoms. The predicted octanol–water partition coefficient (Wildman–Crippen LogP) is 2.11. The predicted molar refractivity (Wildman–Crippen MR) is 95.6 cm³/mol. The normalized spacial score (nSPS) is 19.9. The van der Waals surface area contributed by atoms with Crippen LogP contribution in [0.4, 0.5) is 0 Å². The fraction of sp³-hybridized carbons (Fsp3) is 0.474. The quantitative estimate of drug-likeness (QED) is 0.824. The smallest absolute Gasteiger partial charge is 0.257 e. The molecule has 0 saturated carbocycles. The first-order chi connectivity index (χ1) is 12.6. The number of aromatic nitrogens is 2. The van der Waals surface area contributed by atoms with Crippen LogP contribution in [0.5, 0.6) is 11.5 Å². The molecule has 3 heterocycles. The van der Waals surface area contributed by atoms with Crippen LogP contribution in [-0.2, 0) is 11.8 Å². The Hall–Kier alpha value is -2.54. The first kappa shape index (κ1) is 16.9. The molecular weight excluding hydrogens is 334 g/mol. The van der Waals surface area contributed by atoms with Crippen LogP contribution in [0, 0.1) is 0 Å². The lowest BCUT2D eigenvalue weighted by molar-refractivity contribution is -0.0123. The zero-order valence-electron chi connectivity index (χ0n) is 15.1. The number of amides is 1. The fourth-order valence-electron chi connectivity index (χ4n) is 3.34. The number of carbonyl (C=O) groups is 1. The minimum Gasteiger partial charge on any atom is -0.490 e. The fourth-order valence-corrected chi connectivity index (χ4v) is 3.34. The van der Waals surface area contributed by atoms with Gasteiger partial charge < -0.3 is 19.1 Å². The summed E-state index contributed by atoms with van der Waals surface area (Å²) in [6, 6.07) is 5.71. The van der Waals surface area contributed by atoms with Gasteiger partial charge in [-0.1, -0.05) is 0 Å². The molecule has 2 aliphatic rings. The van der Waals surface area contributed by atoms with E-state index < -0.39 is 0 Å². The van der Waals surface area contributed by atoms with Crippen molar-refractivity contribution >= 4 is 5.91 Å². The molecule has 1 aromatic heterocycles. The maximum absolute atomic E-state index is 13.1. The average Bonchev–Trinajstić information content (AvgIpc) is 2.87. The zero-order valence-corrected chi connectivity index (χ0v) is 15.1. The Balaban J connectivity index is 1.67. The van der Waals surface area contributed by atoms with Crippen LogP contribution >= 0.6 is 0 Å². The minimum atomic E-state index is -0.0182. The van der Waals surface area contributed by atoms with Crippen molar-refractivity contribution in [1.82, 2.24) is 14.7 Å². The Morgan fingerprint density at radius 3 is 2.81 bits per heavy atom. The number of hydrogen-bond acceptors (Lipinski definition) is 5. The lowest BCUT2D eigenvalue weighted by atomic mass is 10.1. The van der Waals surface area contributed by atoms with Crippen LogP contribution in [-0.4, -0.2) is 59.6 Å². The lowest BCUT2D eigenvalue weighted by Gasteiger charge is -2.31. The summed E-state index contributed by atoms with van der Waals surface area (Å²) in [5, 5.41) is 4.53. The number of nitrogens with zero attached hydrogens (tertiary/aromatic N) is 3. The van der Waals surface area contributed by atoms with E-state index in [4.69, 9.17) is 14.2 Å². The summed E-state index contributed by atoms with van der Waals surface area (Å²) in [6.45, 7) is 5.00. The van der Waals surface area contributed by atoms with Gasteiger partial charge in [-0.25, -0.2) is 0 Å². The highest BCUT2D eigenvalue weighted by atomic mass is 16.5. The van der Waals surface area contributed by atoms with Gasteiger partial charge >= 0.3 is 0 Å². The molecule has 2 aromatic rings. The Morgan fingerprint density at radius 2 is 2.00 bits per heavy atom. The van der Waals surface area contributed by atoms with Crippen molar-refractivity contribution in [2.24, 2.45) is 7.05 Å². The minimum absolute atomic E-state index is 0.0182. The average molecular weight is 357 g/mol. The number of fused-ring (bicyclic) bond motifs is 1.